The molecule has 39 heavy (non-hydrogen) atoms. The van der Waals surface area contributed by atoms with E-state index in [0.717, 1.165) is 51.7 Å². The van der Waals surface area contributed by atoms with Gasteiger partial charge in [-0.15, -0.1) is 5.10 Å². The van der Waals surface area contributed by atoms with E-state index in [0.29, 0.717) is 13.0 Å². The zero-order valence-electron chi connectivity index (χ0n) is 22.3. The normalized spacial score (nSPS) is 18.8. The molecule has 0 aliphatic carbocycles. The molecule has 7 nitrogen and oxygen atoms in total. The van der Waals surface area contributed by atoms with Crippen molar-refractivity contribution in [3.8, 4) is 0 Å². The van der Waals surface area contributed by atoms with Crippen LogP contribution in [0.2, 0.25) is 0 Å². The number of benzene rings is 3. The Morgan fingerprint density at radius 2 is 1.92 bits per heavy atom. The molecular weight excluding hydrogens is 495 g/mol. The second-order valence-corrected chi connectivity index (χ2v) is 10.8. The lowest BCUT2D eigenvalue weighted by molar-refractivity contribution is -0.137. The molecule has 2 aliphatic rings. The van der Waals surface area contributed by atoms with Gasteiger partial charge in [-0.3, -0.25) is 9.59 Å². The number of rotatable bonds is 6. The van der Waals surface area contributed by atoms with Crippen LogP contribution in [-0.2, 0) is 17.8 Å². The first kappa shape index (κ1) is 25.2. The largest absolute Gasteiger partial charge is 0.481 e. The number of hydrogen-bond acceptors (Lipinski definition) is 4. The standard InChI is InChI=1S/C31H31FN4O3/c1-4-35-28-12-9-22(18(3)30(28)33-34-35)23(16-29(37)38)20-7-6-19-14-21-8-11-27(24(19)15-20)36(21)31(39)25-13-17(2)5-10-26(25)32/h5-7,9-10,12-13,15,21,23,27H,4,8,11,14,16H2,1-3H3,(H,37,38)/t21-,23+,27+/m1/s1. The first-order valence-corrected chi connectivity index (χ1v) is 13.5. The van der Waals surface area contributed by atoms with Crippen LogP contribution in [0.1, 0.15) is 81.9 Å². The van der Waals surface area contributed by atoms with Crippen molar-refractivity contribution < 1.29 is 19.1 Å². The molecule has 1 saturated heterocycles. The van der Waals surface area contributed by atoms with Crippen molar-refractivity contribution in [2.45, 2.75) is 71.0 Å². The Morgan fingerprint density at radius 3 is 2.69 bits per heavy atom. The van der Waals surface area contributed by atoms with E-state index in [1.54, 1.807) is 12.1 Å². The van der Waals surface area contributed by atoms with Crippen molar-refractivity contribution in [2.75, 3.05) is 0 Å². The lowest BCUT2D eigenvalue weighted by Gasteiger charge is -2.37. The number of carboxylic acids is 1. The molecule has 0 spiro atoms. The summed E-state index contributed by atoms with van der Waals surface area (Å²) < 4.78 is 16.5. The predicted octanol–water partition coefficient (Wildman–Crippen LogP) is 5.72. The summed E-state index contributed by atoms with van der Waals surface area (Å²) in [6, 6.07) is 14.7. The molecule has 1 N–H and O–H groups in total. The van der Waals surface area contributed by atoms with Crippen LogP contribution in [0.15, 0.2) is 48.5 Å². The molecular formula is C31H31FN4O3. The number of fused-ring (bicyclic) bond motifs is 5. The number of aromatic nitrogens is 3. The molecule has 3 atom stereocenters. The Morgan fingerprint density at radius 1 is 1.10 bits per heavy atom. The highest BCUT2D eigenvalue weighted by atomic mass is 19.1. The van der Waals surface area contributed by atoms with Crippen LogP contribution < -0.4 is 0 Å². The lowest BCUT2D eigenvalue weighted by atomic mass is 9.82. The van der Waals surface area contributed by atoms with E-state index in [1.807, 2.05) is 48.6 Å². The van der Waals surface area contributed by atoms with E-state index >= 15 is 0 Å². The topological polar surface area (TPSA) is 88.3 Å². The number of nitrogens with zero attached hydrogens (tertiary/aromatic N) is 4. The molecule has 0 saturated carbocycles. The van der Waals surface area contributed by atoms with Gasteiger partial charge in [0.2, 0.25) is 0 Å². The van der Waals surface area contributed by atoms with Crippen LogP contribution in [0, 0.1) is 19.7 Å². The van der Waals surface area contributed by atoms with Crippen molar-refractivity contribution >= 4 is 22.9 Å². The maximum Gasteiger partial charge on any atom is 0.304 e. The van der Waals surface area contributed by atoms with Gasteiger partial charge >= 0.3 is 5.97 Å². The fourth-order valence-electron chi connectivity index (χ4n) is 6.59. The third-order valence-corrected chi connectivity index (χ3v) is 8.51. The Labute approximate surface area is 226 Å². The van der Waals surface area contributed by atoms with E-state index in [2.05, 4.69) is 22.4 Å². The zero-order chi connectivity index (χ0) is 27.4. The van der Waals surface area contributed by atoms with Crippen molar-refractivity contribution in [1.82, 2.24) is 19.9 Å². The zero-order valence-corrected chi connectivity index (χ0v) is 22.3. The maximum atomic E-state index is 14.7. The quantitative estimate of drug-likeness (QED) is 0.347. The van der Waals surface area contributed by atoms with Gasteiger partial charge in [-0.1, -0.05) is 41.1 Å². The lowest BCUT2D eigenvalue weighted by Crippen LogP contribution is -2.42. The minimum atomic E-state index is -0.887. The molecule has 1 fully saturated rings. The number of aliphatic carboxylic acids is 1. The second kappa shape index (κ2) is 9.59. The highest BCUT2D eigenvalue weighted by molar-refractivity contribution is 5.95. The van der Waals surface area contributed by atoms with Crippen LogP contribution in [0.3, 0.4) is 0 Å². The third kappa shape index (κ3) is 4.18. The summed E-state index contributed by atoms with van der Waals surface area (Å²) in [6.07, 6.45) is 2.29. The van der Waals surface area contributed by atoms with Crippen molar-refractivity contribution in [3.05, 3.63) is 93.3 Å². The van der Waals surface area contributed by atoms with Crippen LogP contribution in [-0.4, -0.2) is 42.9 Å². The average Bonchev–Trinajstić information content (AvgIpc) is 3.49. The Balaban J connectivity index is 1.41. The van der Waals surface area contributed by atoms with Gasteiger partial charge < -0.3 is 10.0 Å². The van der Waals surface area contributed by atoms with Crippen LogP contribution >= 0.6 is 0 Å². The number of carbonyl (C=O) groups is 2. The van der Waals surface area contributed by atoms with E-state index in [4.69, 9.17) is 0 Å². The molecule has 1 amide bonds. The second-order valence-electron chi connectivity index (χ2n) is 10.8. The highest BCUT2D eigenvalue weighted by Gasteiger charge is 2.43. The minimum absolute atomic E-state index is 0.0291. The number of aryl methyl sites for hydroxylation is 3. The molecule has 4 aromatic rings. The summed E-state index contributed by atoms with van der Waals surface area (Å²) in [6.45, 7) is 6.53. The van der Waals surface area contributed by atoms with E-state index in [1.165, 1.54) is 11.6 Å². The summed E-state index contributed by atoms with van der Waals surface area (Å²) in [7, 11) is 0. The molecule has 0 radical (unpaired) electrons. The summed E-state index contributed by atoms with van der Waals surface area (Å²) in [5.74, 6) is -2.05. The van der Waals surface area contributed by atoms with Crippen molar-refractivity contribution in [2.24, 2.45) is 0 Å². The van der Waals surface area contributed by atoms with Crippen molar-refractivity contribution in [1.29, 1.82) is 0 Å². The fourth-order valence-corrected chi connectivity index (χ4v) is 6.59. The van der Waals surface area contributed by atoms with Gasteiger partial charge in [0.05, 0.1) is 23.5 Å². The monoisotopic (exact) mass is 526 g/mol. The predicted molar refractivity (Wildman–Crippen MR) is 145 cm³/mol. The number of hydrogen-bond donors (Lipinski definition) is 1. The molecule has 3 aromatic carbocycles. The van der Waals surface area contributed by atoms with Gasteiger partial charge in [-0.05, 0) is 86.1 Å². The summed E-state index contributed by atoms with van der Waals surface area (Å²) in [5.41, 5.74) is 7.58. The van der Waals surface area contributed by atoms with Crippen LogP contribution in [0.25, 0.3) is 11.0 Å². The van der Waals surface area contributed by atoms with Gasteiger partial charge in [0.1, 0.15) is 11.3 Å². The molecule has 1 aromatic heterocycles. The fraction of sp³-hybridized carbons (Fsp3) is 0.355. The Hall–Kier alpha value is -4.07. The average molecular weight is 527 g/mol. The summed E-state index contributed by atoms with van der Waals surface area (Å²) in [4.78, 5) is 27.5. The van der Waals surface area contributed by atoms with E-state index in [-0.39, 0.29) is 35.9 Å². The van der Waals surface area contributed by atoms with E-state index < -0.39 is 11.8 Å². The smallest absolute Gasteiger partial charge is 0.304 e. The maximum absolute atomic E-state index is 14.7. The van der Waals surface area contributed by atoms with Crippen molar-refractivity contribution in [3.63, 3.8) is 0 Å². The molecule has 6 rings (SSSR count). The van der Waals surface area contributed by atoms with Gasteiger partial charge in [0.15, 0.2) is 0 Å². The molecule has 200 valence electrons. The highest BCUT2D eigenvalue weighted by Crippen LogP contribution is 2.46. The van der Waals surface area contributed by atoms with Gasteiger partial charge in [-0.25, -0.2) is 9.07 Å². The van der Waals surface area contributed by atoms with Gasteiger partial charge in [0, 0.05) is 18.5 Å². The first-order valence-electron chi connectivity index (χ1n) is 13.5. The van der Waals surface area contributed by atoms with Gasteiger partial charge in [0.25, 0.3) is 5.91 Å². The number of amides is 1. The summed E-state index contributed by atoms with van der Waals surface area (Å²) >= 11 is 0. The number of carboxylic acid groups (broad SMARTS) is 1. The minimum Gasteiger partial charge on any atom is -0.481 e. The van der Waals surface area contributed by atoms with Crippen LogP contribution in [0.4, 0.5) is 4.39 Å². The molecule has 0 unspecified atom stereocenters. The van der Waals surface area contributed by atoms with Crippen LogP contribution in [0.5, 0.6) is 0 Å². The first-order chi connectivity index (χ1) is 18.8. The Kier molecular flexibility index (Phi) is 6.20. The molecule has 2 aliphatic heterocycles. The molecule has 8 heteroatoms. The van der Waals surface area contributed by atoms with Gasteiger partial charge in [-0.2, -0.15) is 0 Å². The SMILES string of the molecule is CCn1nnc2c(C)c([C@@H](CC(=O)O)c3ccc4c(c3)[C@@H]3CC[C@H](C4)N3C(=O)c3cc(C)ccc3F)ccc21. The number of carbonyl (C=O) groups excluding carboxylic acids is 1. The summed E-state index contributed by atoms with van der Waals surface area (Å²) in [5, 5.41) is 18.5. The molecule has 3 heterocycles. The molecule has 2 bridgehead atoms. The third-order valence-electron chi connectivity index (χ3n) is 8.51. The number of halogens is 1. The Bertz CT molecular complexity index is 1630. The van der Waals surface area contributed by atoms with E-state index in [9.17, 15) is 19.1 Å².